The van der Waals surface area contributed by atoms with Crippen LogP contribution in [0.3, 0.4) is 0 Å². The molecule has 4 aromatic rings. The Labute approximate surface area is 383 Å². The summed E-state index contributed by atoms with van der Waals surface area (Å²) in [7, 11) is -3.51. The van der Waals surface area contributed by atoms with E-state index in [0.717, 1.165) is 29.2 Å². The quantitative estimate of drug-likeness (QED) is 0.0333. The lowest BCUT2D eigenvalue weighted by atomic mass is 9.96. The number of nitrogens with zero attached hydrogens (tertiary/aromatic N) is 2. The van der Waals surface area contributed by atoms with Crippen molar-refractivity contribution in [3.05, 3.63) is 130 Å². The first kappa shape index (κ1) is 51.6. The third-order valence-corrected chi connectivity index (χ3v) is 10.7. The van der Waals surface area contributed by atoms with Gasteiger partial charge >= 0.3 is 18.0 Å². The van der Waals surface area contributed by atoms with Gasteiger partial charge in [0.15, 0.2) is 29.2 Å². The molecule has 352 valence electrons. The Kier molecular flexibility index (Phi) is 17.0. The summed E-state index contributed by atoms with van der Waals surface area (Å²) >= 11 is 0. The molecule has 0 radical (unpaired) electrons. The van der Waals surface area contributed by atoms with Crippen molar-refractivity contribution in [2.45, 2.75) is 102 Å². The van der Waals surface area contributed by atoms with Gasteiger partial charge in [0.2, 0.25) is 15.9 Å². The molecule has 0 fully saturated rings. The van der Waals surface area contributed by atoms with Crippen LogP contribution in [0.1, 0.15) is 71.3 Å². The fourth-order valence-electron chi connectivity index (χ4n) is 6.01. The molecular weight excluding hydrogens is 877 g/mol. The van der Waals surface area contributed by atoms with Gasteiger partial charge in [0.25, 0.3) is 5.69 Å². The van der Waals surface area contributed by atoms with Gasteiger partial charge in [-0.05, 0) is 89.4 Å². The minimum absolute atomic E-state index is 0.0360. The number of hydrogen-bond acceptors (Lipinski definition) is 14. The maximum Gasteiger partial charge on any atom is 0.410 e. The van der Waals surface area contributed by atoms with Gasteiger partial charge in [0.1, 0.15) is 37.1 Å². The van der Waals surface area contributed by atoms with Crippen molar-refractivity contribution in [1.29, 1.82) is 0 Å². The van der Waals surface area contributed by atoms with Crippen LogP contribution in [0.5, 0.6) is 11.5 Å². The van der Waals surface area contributed by atoms with Crippen LogP contribution in [0, 0.1) is 22.5 Å². The fourth-order valence-corrected chi connectivity index (χ4v) is 7.28. The van der Waals surface area contributed by atoms with Crippen LogP contribution in [0.25, 0.3) is 0 Å². The number of nitrogens with one attached hydrogen (secondary N) is 2. The number of amides is 2. The summed E-state index contributed by atoms with van der Waals surface area (Å²) in [6.07, 6.45) is 3.25. The molecule has 4 rings (SSSR count). The van der Waals surface area contributed by atoms with E-state index in [9.17, 15) is 42.8 Å². The number of nitro benzene ring substituents is 1. The van der Waals surface area contributed by atoms with E-state index in [4.69, 9.17) is 30.1 Å². The molecule has 0 bridgehead atoms. The van der Waals surface area contributed by atoms with Crippen LogP contribution in [0.4, 0.5) is 10.5 Å². The van der Waals surface area contributed by atoms with E-state index in [1.165, 1.54) is 32.2 Å². The average molecular weight is 931 g/mol. The number of nitro groups is 1. The molecule has 4 atom stereocenters. The molecule has 19 heteroatoms. The zero-order valence-corrected chi connectivity index (χ0v) is 38.6. The molecule has 0 aliphatic carbocycles. The van der Waals surface area contributed by atoms with Gasteiger partial charge in [-0.1, -0.05) is 72.7 Å². The van der Waals surface area contributed by atoms with Gasteiger partial charge in [-0.15, -0.1) is 6.42 Å². The van der Waals surface area contributed by atoms with E-state index in [1.807, 2.05) is 0 Å². The fraction of sp³-hybridized carbons (Fsp3) is 0.362. The molecule has 0 aliphatic rings. The zero-order valence-electron chi connectivity index (χ0n) is 37.8. The lowest BCUT2D eigenvalue weighted by Crippen LogP contribution is -2.61. The third kappa shape index (κ3) is 14.8. The minimum Gasteiger partial charge on any atom is -0.485 e. The lowest BCUT2D eigenvalue weighted by molar-refractivity contribution is -0.384. The summed E-state index contributed by atoms with van der Waals surface area (Å²) < 4.78 is 59.0. The number of likely N-dealkylation sites (N-methyl/N-ethyl adjacent to an activating group) is 1. The van der Waals surface area contributed by atoms with Crippen LogP contribution in [-0.2, 0) is 51.8 Å². The Hall–Kier alpha value is -7.01. The van der Waals surface area contributed by atoms with Gasteiger partial charge in [-0.3, -0.25) is 24.6 Å². The first-order chi connectivity index (χ1) is 30.8. The van der Waals surface area contributed by atoms with Crippen LogP contribution in [0.15, 0.2) is 108 Å². The van der Waals surface area contributed by atoms with E-state index < -0.39 is 91.0 Å². The number of terminal acetylenes is 1. The number of carbonyl (C=O) groups excluding carboxylic acids is 4. The van der Waals surface area contributed by atoms with Crippen LogP contribution in [-0.4, -0.2) is 89.8 Å². The summed E-state index contributed by atoms with van der Waals surface area (Å²) in [5.74, 6) is -1.02. The monoisotopic (exact) mass is 930 g/mol. The van der Waals surface area contributed by atoms with Gasteiger partial charge in [-0.25, -0.2) is 18.0 Å². The van der Waals surface area contributed by atoms with Crippen LogP contribution >= 0.6 is 0 Å². The van der Waals surface area contributed by atoms with Crippen molar-refractivity contribution in [2.75, 3.05) is 13.6 Å². The molecule has 0 unspecified atom stereocenters. The lowest BCUT2D eigenvalue weighted by Gasteiger charge is -2.34. The number of sulfonamides is 1. The smallest absolute Gasteiger partial charge is 0.410 e. The normalized spacial score (nSPS) is 13.9. The molecule has 0 saturated heterocycles. The highest BCUT2D eigenvalue weighted by Gasteiger charge is 2.45. The molecule has 0 aliphatic heterocycles. The Morgan fingerprint density at radius 3 is 1.91 bits per heavy atom. The van der Waals surface area contributed by atoms with Crippen molar-refractivity contribution in [2.24, 2.45) is 0 Å². The number of ether oxygens (including phenoxy) is 5. The maximum atomic E-state index is 14.1. The standard InChI is InChI=1S/C47H54N4O14S/c1-10-47(8,41(42(54)48-28-38(52)64-45(2,3)4)49-66(59,60)35-24-22-34(23-25-35)51(57)58)63-37-27-33(21-26-36(37)61-29-31-17-13-11-14-18-31)40(53)39(50(9)44(56)65-46(5,6)7)43(55)62-30-32-19-15-12-16-20-32/h1,11-27,39-41,49,53H,28-30H2,2-9H3,(H,48,54)/t39-,40+,41+,47+/m0/s1. The zero-order chi connectivity index (χ0) is 49.0. The molecular formula is C47H54N4O14S. The SMILES string of the molecule is C#C[C@@](C)(Oc1cc([C@@H](O)[C@@H](C(=O)OCc2ccccc2)N(C)C(=O)OC(C)(C)C)ccc1OCc1ccccc1)[C@H](NS(=O)(=O)c1ccc([N+](=O)[O-])cc1)C(=O)NCC(=O)OC(C)(C)C. The van der Waals surface area contributed by atoms with Crippen LogP contribution < -0.4 is 19.5 Å². The molecule has 4 aromatic carbocycles. The molecule has 0 spiro atoms. The summed E-state index contributed by atoms with van der Waals surface area (Å²) in [6, 6.07) is 21.6. The van der Waals surface area contributed by atoms with E-state index >= 15 is 0 Å². The summed E-state index contributed by atoms with van der Waals surface area (Å²) in [4.78, 5) is 65.1. The number of benzene rings is 4. The van der Waals surface area contributed by atoms with E-state index in [0.29, 0.717) is 11.1 Å². The number of aliphatic hydroxyl groups is 1. The van der Waals surface area contributed by atoms with Crippen molar-refractivity contribution >= 4 is 39.6 Å². The maximum absolute atomic E-state index is 14.1. The van der Waals surface area contributed by atoms with Crippen molar-refractivity contribution < 1.29 is 61.3 Å². The van der Waals surface area contributed by atoms with Crippen molar-refractivity contribution in [1.82, 2.24) is 14.9 Å². The number of aliphatic hydroxyl groups excluding tert-OH is 1. The Balaban J connectivity index is 1.83. The number of carbonyl (C=O) groups is 4. The molecule has 0 saturated carbocycles. The highest BCUT2D eigenvalue weighted by atomic mass is 32.2. The van der Waals surface area contributed by atoms with E-state index in [1.54, 1.807) is 102 Å². The summed E-state index contributed by atoms with van der Waals surface area (Å²) in [5.41, 5.74) is -3.41. The molecule has 66 heavy (non-hydrogen) atoms. The topological polar surface area (TPSA) is 239 Å². The molecule has 0 aromatic heterocycles. The third-order valence-electron chi connectivity index (χ3n) is 9.29. The predicted octanol–water partition coefficient (Wildman–Crippen LogP) is 5.76. The largest absolute Gasteiger partial charge is 0.485 e. The summed E-state index contributed by atoms with van der Waals surface area (Å²) in [5, 5.41) is 25.7. The number of non-ortho nitro benzene ring substituents is 1. The Morgan fingerprint density at radius 2 is 1.38 bits per heavy atom. The number of rotatable bonds is 19. The van der Waals surface area contributed by atoms with Crippen LogP contribution in [0.2, 0.25) is 0 Å². The van der Waals surface area contributed by atoms with Crippen molar-refractivity contribution in [3.63, 3.8) is 0 Å². The second-order valence-corrected chi connectivity index (χ2v) is 18.7. The molecule has 3 N–H and O–H groups in total. The van der Waals surface area contributed by atoms with Gasteiger partial charge < -0.3 is 34.1 Å². The molecule has 18 nitrogen and oxygen atoms in total. The second-order valence-electron chi connectivity index (χ2n) is 17.0. The average Bonchev–Trinajstić information content (AvgIpc) is 3.25. The van der Waals surface area contributed by atoms with Crippen molar-refractivity contribution in [3.8, 4) is 23.8 Å². The number of esters is 2. The highest BCUT2D eigenvalue weighted by Crippen LogP contribution is 2.37. The Morgan fingerprint density at radius 1 is 0.818 bits per heavy atom. The highest BCUT2D eigenvalue weighted by molar-refractivity contribution is 7.89. The molecule has 0 heterocycles. The van der Waals surface area contributed by atoms with Gasteiger partial charge in [-0.2, -0.15) is 4.72 Å². The molecule has 2 amide bonds. The Bertz CT molecular complexity index is 2500. The number of hydrogen-bond donors (Lipinski definition) is 3. The van der Waals surface area contributed by atoms with E-state index in [-0.39, 0.29) is 30.3 Å². The summed E-state index contributed by atoms with van der Waals surface area (Å²) in [6.45, 7) is 9.87. The predicted molar refractivity (Wildman–Crippen MR) is 240 cm³/mol. The minimum atomic E-state index is -4.75. The second kappa shape index (κ2) is 21.8. The van der Waals surface area contributed by atoms with E-state index in [2.05, 4.69) is 16.0 Å². The first-order valence-corrected chi connectivity index (χ1v) is 21.9. The first-order valence-electron chi connectivity index (χ1n) is 20.4. The van der Waals surface area contributed by atoms with Gasteiger partial charge in [0.05, 0.1) is 9.82 Å². The van der Waals surface area contributed by atoms with Gasteiger partial charge in [0, 0.05) is 19.2 Å².